The lowest BCUT2D eigenvalue weighted by atomic mass is 10.2. The van der Waals surface area contributed by atoms with Crippen LogP contribution in [0.1, 0.15) is 18.1 Å². The molecule has 1 atom stereocenters. The molecule has 1 aliphatic heterocycles. The van der Waals surface area contributed by atoms with E-state index in [2.05, 4.69) is 17.0 Å². The van der Waals surface area contributed by atoms with Gasteiger partial charge in [0.15, 0.2) is 6.10 Å². The van der Waals surface area contributed by atoms with Crippen molar-refractivity contribution in [1.82, 2.24) is 9.80 Å². The van der Waals surface area contributed by atoms with Crippen molar-refractivity contribution < 1.29 is 9.53 Å². The summed E-state index contributed by atoms with van der Waals surface area (Å²) < 4.78 is 5.74. The van der Waals surface area contributed by atoms with Gasteiger partial charge >= 0.3 is 0 Å². The lowest BCUT2D eigenvalue weighted by molar-refractivity contribution is -0.139. The number of halogens is 1. The van der Waals surface area contributed by atoms with Crippen LogP contribution in [0.25, 0.3) is 0 Å². The zero-order valence-electron chi connectivity index (χ0n) is 15.3. The zero-order valence-corrected chi connectivity index (χ0v) is 16.0. The maximum atomic E-state index is 12.7. The third-order valence-corrected chi connectivity index (χ3v) is 4.94. The van der Waals surface area contributed by atoms with E-state index in [1.165, 1.54) is 11.6 Å². The molecule has 0 aliphatic carbocycles. The molecule has 0 N–H and O–H groups in total. The van der Waals surface area contributed by atoms with Crippen molar-refractivity contribution in [2.24, 2.45) is 0 Å². The molecule has 1 fully saturated rings. The Morgan fingerprint density at radius 3 is 2.52 bits per heavy atom. The second-order valence-electron chi connectivity index (χ2n) is 6.60. The number of hydrogen-bond donors (Lipinski definition) is 0. The first-order valence-electron chi connectivity index (χ1n) is 8.98. The van der Waals surface area contributed by atoms with Gasteiger partial charge in [0.05, 0.1) is 16.7 Å². The lowest BCUT2D eigenvalue weighted by Gasteiger charge is -2.36. The minimum Gasteiger partial charge on any atom is -0.479 e. The molecule has 1 aliphatic rings. The highest BCUT2D eigenvalue weighted by molar-refractivity contribution is 6.32. The minimum atomic E-state index is -0.629. The van der Waals surface area contributed by atoms with Gasteiger partial charge in [0, 0.05) is 32.7 Å². The normalized spacial score (nSPS) is 15.8. The molecule has 2 aromatic rings. The van der Waals surface area contributed by atoms with Crippen LogP contribution in [0.15, 0.2) is 48.5 Å². The molecule has 140 valence electrons. The number of ether oxygens (including phenoxy) is 1. The Morgan fingerprint density at radius 1 is 1.19 bits per heavy atom. The van der Waals surface area contributed by atoms with Crippen LogP contribution in [0.4, 0.5) is 0 Å². The molecule has 0 spiro atoms. The Hall–Kier alpha value is -2.55. The average molecular weight is 384 g/mol. The topological polar surface area (TPSA) is 56.6 Å². The summed E-state index contributed by atoms with van der Waals surface area (Å²) in [6, 6.07) is 17.2. The number of carbonyl (C=O) groups excluding carboxylic acids is 1. The minimum absolute atomic E-state index is 0.0465. The van der Waals surface area contributed by atoms with Crippen LogP contribution >= 0.6 is 11.6 Å². The SMILES string of the molecule is C[C@H](Oc1ccc(C#N)cc1Cl)C(=O)N1CCN(Cc2ccccc2)CC1. The number of nitrogens with zero attached hydrogens (tertiary/aromatic N) is 3. The quantitative estimate of drug-likeness (QED) is 0.794. The largest absolute Gasteiger partial charge is 0.479 e. The molecule has 0 unspecified atom stereocenters. The van der Waals surface area contributed by atoms with Gasteiger partial charge in [-0.05, 0) is 30.7 Å². The monoisotopic (exact) mass is 383 g/mol. The molecule has 2 aromatic carbocycles. The highest BCUT2D eigenvalue weighted by Gasteiger charge is 2.26. The predicted molar refractivity (Wildman–Crippen MR) is 105 cm³/mol. The van der Waals surface area contributed by atoms with Crippen LogP contribution in [-0.2, 0) is 11.3 Å². The van der Waals surface area contributed by atoms with Crippen LogP contribution in [0.5, 0.6) is 5.75 Å². The fourth-order valence-electron chi connectivity index (χ4n) is 3.13. The van der Waals surface area contributed by atoms with Crippen LogP contribution in [0, 0.1) is 11.3 Å². The molecule has 1 amide bonds. The zero-order chi connectivity index (χ0) is 19.2. The Labute approximate surface area is 164 Å². The van der Waals surface area contributed by atoms with Crippen molar-refractivity contribution in [2.75, 3.05) is 26.2 Å². The number of rotatable bonds is 5. The maximum Gasteiger partial charge on any atom is 0.263 e. The molecule has 27 heavy (non-hydrogen) atoms. The second-order valence-corrected chi connectivity index (χ2v) is 7.01. The number of piperazine rings is 1. The molecule has 3 rings (SSSR count). The van der Waals surface area contributed by atoms with Gasteiger partial charge in [-0.1, -0.05) is 41.9 Å². The van der Waals surface area contributed by atoms with Crippen molar-refractivity contribution >= 4 is 17.5 Å². The van der Waals surface area contributed by atoms with E-state index in [1.807, 2.05) is 29.2 Å². The summed E-state index contributed by atoms with van der Waals surface area (Å²) in [5.41, 5.74) is 1.74. The third kappa shape index (κ3) is 5.00. The average Bonchev–Trinajstić information content (AvgIpc) is 2.70. The number of benzene rings is 2. The first kappa shape index (κ1) is 19.2. The van der Waals surface area contributed by atoms with E-state index in [0.29, 0.717) is 29.4 Å². The summed E-state index contributed by atoms with van der Waals surface area (Å²) in [4.78, 5) is 16.9. The predicted octanol–water partition coefficient (Wildman–Crippen LogP) is 3.32. The highest BCUT2D eigenvalue weighted by Crippen LogP contribution is 2.26. The summed E-state index contributed by atoms with van der Waals surface area (Å²) in [5.74, 6) is 0.369. The van der Waals surface area contributed by atoms with E-state index in [-0.39, 0.29) is 5.91 Å². The Kier molecular flexibility index (Phi) is 6.33. The number of amides is 1. The summed E-state index contributed by atoms with van der Waals surface area (Å²) in [7, 11) is 0. The van der Waals surface area contributed by atoms with Gasteiger partial charge in [0.2, 0.25) is 0 Å². The van der Waals surface area contributed by atoms with Crippen LogP contribution < -0.4 is 4.74 Å². The van der Waals surface area contributed by atoms with E-state index in [0.717, 1.165) is 19.6 Å². The Bertz CT molecular complexity index is 827. The molecule has 1 saturated heterocycles. The first-order chi connectivity index (χ1) is 13.1. The van der Waals surface area contributed by atoms with Crippen LogP contribution in [0.3, 0.4) is 0 Å². The molecule has 0 radical (unpaired) electrons. The molecular weight excluding hydrogens is 362 g/mol. The van der Waals surface area contributed by atoms with Crippen LogP contribution in [0.2, 0.25) is 5.02 Å². The molecule has 6 heteroatoms. The lowest BCUT2D eigenvalue weighted by Crippen LogP contribution is -2.51. The molecular formula is C21H22ClN3O2. The van der Waals surface area contributed by atoms with Crippen molar-refractivity contribution in [3.8, 4) is 11.8 Å². The fraction of sp³-hybridized carbons (Fsp3) is 0.333. The fourth-order valence-corrected chi connectivity index (χ4v) is 3.36. The molecule has 1 heterocycles. The standard InChI is InChI=1S/C21H22ClN3O2/c1-16(27-20-8-7-18(14-23)13-19(20)22)21(26)25-11-9-24(10-12-25)15-17-5-3-2-4-6-17/h2-8,13,16H,9-12,15H2,1H3/t16-/m0/s1. The molecule has 0 bridgehead atoms. The van der Waals surface area contributed by atoms with Gasteiger partial charge in [-0.15, -0.1) is 0 Å². The number of hydrogen-bond acceptors (Lipinski definition) is 4. The summed E-state index contributed by atoms with van der Waals surface area (Å²) in [6.45, 7) is 5.67. The molecule has 0 saturated carbocycles. The van der Waals surface area contributed by atoms with Crippen LogP contribution in [-0.4, -0.2) is 48.0 Å². The Balaban J connectivity index is 1.52. The highest BCUT2D eigenvalue weighted by atomic mass is 35.5. The van der Waals surface area contributed by atoms with Crippen molar-refractivity contribution in [3.63, 3.8) is 0 Å². The van der Waals surface area contributed by atoms with Gasteiger partial charge < -0.3 is 9.64 Å². The first-order valence-corrected chi connectivity index (χ1v) is 9.36. The van der Waals surface area contributed by atoms with Gasteiger partial charge in [0.25, 0.3) is 5.91 Å². The summed E-state index contributed by atoms with van der Waals surface area (Å²) in [5, 5.41) is 9.23. The van der Waals surface area contributed by atoms with E-state index in [4.69, 9.17) is 21.6 Å². The van der Waals surface area contributed by atoms with Crippen molar-refractivity contribution in [1.29, 1.82) is 5.26 Å². The van der Waals surface area contributed by atoms with E-state index < -0.39 is 6.10 Å². The van der Waals surface area contributed by atoms with E-state index >= 15 is 0 Å². The number of nitriles is 1. The second kappa shape index (κ2) is 8.90. The van der Waals surface area contributed by atoms with Crippen molar-refractivity contribution in [3.05, 3.63) is 64.7 Å². The van der Waals surface area contributed by atoms with Gasteiger partial charge in [-0.2, -0.15) is 5.26 Å². The van der Waals surface area contributed by atoms with Gasteiger partial charge in [-0.25, -0.2) is 0 Å². The Morgan fingerprint density at radius 2 is 1.89 bits per heavy atom. The smallest absolute Gasteiger partial charge is 0.263 e. The number of carbonyl (C=O) groups is 1. The van der Waals surface area contributed by atoms with Gasteiger partial charge in [-0.3, -0.25) is 9.69 Å². The molecule has 0 aromatic heterocycles. The third-order valence-electron chi connectivity index (χ3n) is 4.65. The summed E-state index contributed by atoms with van der Waals surface area (Å²) >= 11 is 6.13. The van der Waals surface area contributed by atoms with Crippen molar-refractivity contribution in [2.45, 2.75) is 19.6 Å². The van der Waals surface area contributed by atoms with E-state index in [1.54, 1.807) is 19.1 Å². The molecule has 5 nitrogen and oxygen atoms in total. The van der Waals surface area contributed by atoms with E-state index in [9.17, 15) is 4.79 Å². The summed E-state index contributed by atoms with van der Waals surface area (Å²) in [6.07, 6.45) is -0.629. The maximum absolute atomic E-state index is 12.7. The van der Waals surface area contributed by atoms with Gasteiger partial charge in [0.1, 0.15) is 5.75 Å².